The van der Waals surface area contributed by atoms with Crippen molar-refractivity contribution in [3.8, 4) is 0 Å². The third kappa shape index (κ3) is 3.37. The summed E-state index contributed by atoms with van der Waals surface area (Å²) in [6.07, 6.45) is 16.8. The molecule has 0 N–H and O–H groups in total. The minimum Gasteiger partial charge on any atom is -0.0851 e. The minimum atomic E-state index is 0.899. The van der Waals surface area contributed by atoms with Crippen molar-refractivity contribution in [3.05, 3.63) is 12.2 Å². The lowest BCUT2D eigenvalue weighted by atomic mass is 9.88. The molecule has 0 heterocycles. The maximum absolute atomic E-state index is 2.50. The Hall–Kier alpha value is -0.260. The molecule has 0 aromatic rings. The van der Waals surface area contributed by atoms with E-state index in [1.807, 2.05) is 0 Å². The lowest BCUT2D eigenvalue weighted by Gasteiger charge is -2.17. The first kappa shape index (κ1) is 12.2. The zero-order valence-electron chi connectivity index (χ0n) is 11.1. The van der Waals surface area contributed by atoms with Crippen LogP contribution in [0.1, 0.15) is 65.2 Å². The van der Waals surface area contributed by atoms with Crippen molar-refractivity contribution >= 4 is 0 Å². The van der Waals surface area contributed by atoms with E-state index in [1.54, 1.807) is 0 Å². The molecule has 0 heteroatoms. The molecule has 0 aliphatic heterocycles. The summed E-state index contributed by atoms with van der Waals surface area (Å²) in [6.45, 7) is 4.67. The van der Waals surface area contributed by atoms with Gasteiger partial charge >= 0.3 is 0 Å². The Morgan fingerprint density at radius 3 is 2.44 bits per heavy atom. The van der Waals surface area contributed by atoms with Gasteiger partial charge in [-0.15, -0.1) is 0 Å². The summed E-state index contributed by atoms with van der Waals surface area (Å²) in [6, 6.07) is 0. The standard InChI is InChI=1S/C16H28/c1-13(2)7-5-3-4-6-8-15-11-14-9-10-16(15)12-14/h9-10,13-16H,3-8,11-12H2,1-2H3. The van der Waals surface area contributed by atoms with Gasteiger partial charge in [0.15, 0.2) is 0 Å². The molecule has 3 unspecified atom stereocenters. The van der Waals surface area contributed by atoms with E-state index in [0.717, 1.165) is 23.7 Å². The molecule has 0 amide bonds. The Bertz CT molecular complexity index is 226. The summed E-state index contributed by atoms with van der Waals surface area (Å²) in [4.78, 5) is 0. The number of hydrogen-bond acceptors (Lipinski definition) is 0. The third-order valence-corrected chi connectivity index (χ3v) is 4.52. The van der Waals surface area contributed by atoms with Gasteiger partial charge in [-0.3, -0.25) is 0 Å². The monoisotopic (exact) mass is 220 g/mol. The van der Waals surface area contributed by atoms with Crippen LogP contribution in [0.3, 0.4) is 0 Å². The molecule has 0 saturated heterocycles. The summed E-state index contributed by atoms with van der Waals surface area (Å²) in [5.41, 5.74) is 0. The lowest BCUT2D eigenvalue weighted by Crippen LogP contribution is -2.06. The molecule has 0 aromatic heterocycles. The minimum absolute atomic E-state index is 0.899. The molecule has 0 nitrogen and oxygen atoms in total. The average Bonchev–Trinajstić information content (AvgIpc) is 2.84. The Labute approximate surface area is 102 Å². The molecule has 0 aromatic carbocycles. The summed E-state index contributed by atoms with van der Waals surface area (Å²) >= 11 is 0. The first-order valence-corrected chi connectivity index (χ1v) is 7.44. The zero-order chi connectivity index (χ0) is 11.4. The van der Waals surface area contributed by atoms with Gasteiger partial charge in [0, 0.05) is 0 Å². The van der Waals surface area contributed by atoms with Gasteiger partial charge in [0.05, 0.1) is 0 Å². The van der Waals surface area contributed by atoms with Crippen molar-refractivity contribution in [2.24, 2.45) is 23.7 Å². The van der Waals surface area contributed by atoms with Crippen molar-refractivity contribution in [1.82, 2.24) is 0 Å². The van der Waals surface area contributed by atoms with Gasteiger partial charge in [0.2, 0.25) is 0 Å². The van der Waals surface area contributed by atoms with E-state index >= 15 is 0 Å². The predicted molar refractivity (Wildman–Crippen MR) is 71.4 cm³/mol. The highest BCUT2D eigenvalue weighted by atomic mass is 14.4. The molecule has 2 aliphatic carbocycles. The Morgan fingerprint density at radius 1 is 1.00 bits per heavy atom. The van der Waals surface area contributed by atoms with E-state index < -0.39 is 0 Å². The van der Waals surface area contributed by atoms with Crippen LogP contribution in [0.4, 0.5) is 0 Å². The lowest BCUT2D eigenvalue weighted by molar-refractivity contribution is 0.392. The van der Waals surface area contributed by atoms with Crippen LogP contribution in [-0.2, 0) is 0 Å². The van der Waals surface area contributed by atoms with E-state index in [4.69, 9.17) is 0 Å². The smallest absolute Gasteiger partial charge is 0.0199 e. The quantitative estimate of drug-likeness (QED) is 0.409. The summed E-state index contributed by atoms with van der Waals surface area (Å²) in [5, 5.41) is 0. The summed E-state index contributed by atoms with van der Waals surface area (Å²) < 4.78 is 0. The number of hydrogen-bond donors (Lipinski definition) is 0. The van der Waals surface area contributed by atoms with E-state index in [-0.39, 0.29) is 0 Å². The van der Waals surface area contributed by atoms with Gasteiger partial charge in [-0.1, -0.05) is 58.1 Å². The van der Waals surface area contributed by atoms with Crippen molar-refractivity contribution in [1.29, 1.82) is 0 Å². The Kier molecular flexibility index (Phi) is 4.49. The molecule has 1 saturated carbocycles. The van der Waals surface area contributed by atoms with Gasteiger partial charge in [-0.25, -0.2) is 0 Å². The summed E-state index contributed by atoms with van der Waals surface area (Å²) in [7, 11) is 0. The fourth-order valence-electron chi connectivity index (χ4n) is 3.54. The molecule has 1 fully saturated rings. The average molecular weight is 220 g/mol. The fraction of sp³-hybridized carbons (Fsp3) is 0.875. The van der Waals surface area contributed by atoms with E-state index in [9.17, 15) is 0 Å². The summed E-state index contributed by atoms with van der Waals surface area (Å²) in [5.74, 6) is 3.90. The van der Waals surface area contributed by atoms with Crippen molar-refractivity contribution < 1.29 is 0 Å². The highest BCUT2D eigenvalue weighted by Crippen LogP contribution is 2.45. The van der Waals surface area contributed by atoms with Gasteiger partial charge in [0.1, 0.15) is 0 Å². The molecule has 2 rings (SSSR count). The molecule has 2 aliphatic rings. The second-order valence-electron chi connectivity index (χ2n) is 6.43. The fourth-order valence-corrected chi connectivity index (χ4v) is 3.54. The molecular weight excluding hydrogens is 192 g/mol. The maximum atomic E-state index is 2.50. The van der Waals surface area contributed by atoms with Crippen LogP contribution in [0.5, 0.6) is 0 Å². The molecule has 3 atom stereocenters. The largest absolute Gasteiger partial charge is 0.0851 e. The van der Waals surface area contributed by atoms with Crippen LogP contribution < -0.4 is 0 Å². The van der Waals surface area contributed by atoms with Gasteiger partial charge in [0.25, 0.3) is 0 Å². The second-order valence-corrected chi connectivity index (χ2v) is 6.43. The zero-order valence-corrected chi connectivity index (χ0v) is 11.1. The highest BCUT2D eigenvalue weighted by molar-refractivity contribution is 5.09. The molecular formula is C16H28. The van der Waals surface area contributed by atoms with Crippen molar-refractivity contribution in [2.75, 3.05) is 0 Å². The van der Waals surface area contributed by atoms with Crippen LogP contribution in [0.2, 0.25) is 0 Å². The van der Waals surface area contributed by atoms with Gasteiger partial charge < -0.3 is 0 Å². The highest BCUT2D eigenvalue weighted by Gasteiger charge is 2.34. The SMILES string of the molecule is CC(C)CCCCCCC1CC2C=CC1C2. The Balaban J connectivity index is 1.48. The Morgan fingerprint density at radius 2 is 1.81 bits per heavy atom. The molecule has 2 bridgehead atoms. The normalized spacial score (nSPS) is 31.8. The van der Waals surface area contributed by atoms with E-state index in [2.05, 4.69) is 26.0 Å². The van der Waals surface area contributed by atoms with Gasteiger partial charge in [-0.05, 0) is 42.9 Å². The van der Waals surface area contributed by atoms with E-state index in [0.29, 0.717) is 0 Å². The topological polar surface area (TPSA) is 0 Å². The van der Waals surface area contributed by atoms with Crippen LogP contribution >= 0.6 is 0 Å². The molecule has 16 heavy (non-hydrogen) atoms. The first-order valence-electron chi connectivity index (χ1n) is 7.44. The molecule has 0 spiro atoms. The van der Waals surface area contributed by atoms with Gasteiger partial charge in [-0.2, -0.15) is 0 Å². The van der Waals surface area contributed by atoms with Crippen molar-refractivity contribution in [3.63, 3.8) is 0 Å². The predicted octanol–water partition coefficient (Wildman–Crippen LogP) is 5.20. The van der Waals surface area contributed by atoms with Crippen LogP contribution in [0, 0.1) is 23.7 Å². The van der Waals surface area contributed by atoms with Crippen LogP contribution in [0.25, 0.3) is 0 Å². The number of fused-ring (bicyclic) bond motifs is 2. The van der Waals surface area contributed by atoms with Crippen LogP contribution in [0.15, 0.2) is 12.2 Å². The number of allylic oxidation sites excluding steroid dienone is 2. The van der Waals surface area contributed by atoms with Crippen LogP contribution in [-0.4, -0.2) is 0 Å². The van der Waals surface area contributed by atoms with E-state index in [1.165, 1.54) is 51.4 Å². The third-order valence-electron chi connectivity index (χ3n) is 4.52. The number of unbranched alkanes of at least 4 members (excludes halogenated alkanes) is 3. The molecule has 0 radical (unpaired) electrons. The van der Waals surface area contributed by atoms with Crippen molar-refractivity contribution in [2.45, 2.75) is 65.2 Å². The maximum Gasteiger partial charge on any atom is -0.0199 e. The number of rotatable bonds is 7. The first-order chi connectivity index (χ1) is 7.75. The second kappa shape index (κ2) is 5.89. The molecule has 92 valence electrons.